The number of hydrogen-bond acceptors (Lipinski definition) is 5. The normalized spacial score (nSPS) is 12.0. The van der Waals surface area contributed by atoms with E-state index in [0.29, 0.717) is 5.75 Å². The number of methoxy groups -OCH3 is 1. The minimum Gasteiger partial charge on any atom is -0.497 e. The Morgan fingerprint density at radius 1 is 0.971 bits per heavy atom. The van der Waals surface area contributed by atoms with E-state index >= 15 is 0 Å². The Balaban J connectivity index is 1.28. The van der Waals surface area contributed by atoms with Gasteiger partial charge < -0.3 is 14.6 Å². The van der Waals surface area contributed by atoms with Crippen molar-refractivity contribution in [2.45, 2.75) is 12.5 Å². The highest BCUT2D eigenvalue weighted by Gasteiger charge is 2.29. The van der Waals surface area contributed by atoms with E-state index in [9.17, 15) is 14.7 Å². The number of amides is 1. The standard InChI is InChI=1S/C27H23N3O5/c1-34-18-12-10-17(11-13-18)15-30-24(26(31)32)14-25(29-30)28-27(33)35-16-23-21-8-4-2-6-19(21)20-7-3-5-9-22(20)23/h2-14,23H,15-16H2,1H3,(H,31,32)(H,28,29,33). The van der Waals surface area contributed by atoms with Crippen LogP contribution in [0, 0.1) is 0 Å². The summed E-state index contributed by atoms with van der Waals surface area (Å²) in [4.78, 5) is 24.3. The quantitative estimate of drug-likeness (QED) is 0.395. The van der Waals surface area contributed by atoms with Gasteiger partial charge in [0.25, 0.3) is 0 Å². The molecule has 0 saturated heterocycles. The number of benzene rings is 3. The fraction of sp³-hybridized carbons (Fsp3) is 0.148. The highest BCUT2D eigenvalue weighted by molar-refractivity contribution is 5.89. The topological polar surface area (TPSA) is 103 Å². The Hall–Kier alpha value is -4.59. The molecule has 1 aliphatic rings. The zero-order chi connectivity index (χ0) is 24.4. The van der Waals surface area contributed by atoms with Gasteiger partial charge in [-0.05, 0) is 39.9 Å². The Kier molecular flexibility index (Phi) is 5.93. The first-order valence-electron chi connectivity index (χ1n) is 11.1. The summed E-state index contributed by atoms with van der Waals surface area (Å²) in [6.45, 7) is 0.371. The van der Waals surface area contributed by atoms with Gasteiger partial charge in [-0.3, -0.25) is 10.00 Å². The highest BCUT2D eigenvalue weighted by Crippen LogP contribution is 2.44. The van der Waals surface area contributed by atoms with Crippen LogP contribution in [-0.2, 0) is 11.3 Å². The van der Waals surface area contributed by atoms with E-state index in [1.807, 2.05) is 48.5 Å². The highest BCUT2D eigenvalue weighted by atomic mass is 16.5. The van der Waals surface area contributed by atoms with E-state index in [1.54, 1.807) is 19.2 Å². The zero-order valence-electron chi connectivity index (χ0n) is 19.0. The Morgan fingerprint density at radius 2 is 1.60 bits per heavy atom. The first-order chi connectivity index (χ1) is 17.0. The molecular weight excluding hydrogens is 446 g/mol. The van der Waals surface area contributed by atoms with Crippen molar-refractivity contribution < 1.29 is 24.2 Å². The van der Waals surface area contributed by atoms with Gasteiger partial charge in [-0.25, -0.2) is 9.59 Å². The van der Waals surface area contributed by atoms with Crippen LogP contribution in [0.2, 0.25) is 0 Å². The van der Waals surface area contributed by atoms with Gasteiger partial charge in [0.15, 0.2) is 5.82 Å². The van der Waals surface area contributed by atoms with Crippen molar-refractivity contribution in [2.24, 2.45) is 0 Å². The van der Waals surface area contributed by atoms with Gasteiger partial charge >= 0.3 is 12.1 Å². The molecule has 3 aromatic carbocycles. The van der Waals surface area contributed by atoms with Crippen LogP contribution in [-0.4, -0.2) is 40.7 Å². The summed E-state index contributed by atoms with van der Waals surface area (Å²) in [7, 11) is 1.58. The van der Waals surface area contributed by atoms with Crippen LogP contribution in [0.4, 0.5) is 10.6 Å². The molecule has 2 N–H and O–H groups in total. The third kappa shape index (κ3) is 4.46. The largest absolute Gasteiger partial charge is 0.497 e. The molecule has 0 spiro atoms. The van der Waals surface area contributed by atoms with Crippen LogP contribution in [0.3, 0.4) is 0 Å². The van der Waals surface area contributed by atoms with Crippen molar-refractivity contribution in [3.8, 4) is 16.9 Å². The number of carboxylic acids is 1. The monoisotopic (exact) mass is 469 g/mol. The number of hydrogen-bond donors (Lipinski definition) is 2. The summed E-state index contributed by atoms with van der Waals surface area (Å²) in [5.41, 5.74) is 5.29. The summed E-state index contributed by atoms with van der Waals surface area (Å²) in [5, 5.41) is 16.4. The number of rotatable bonds is 7. The molecule has 8 nitrogen and oxygen atoms in total. The number of carbonyl (C=O) groups excluding carboxylic acids is 1. The van der Waals surface area contributed by atoms with Gasteiger partial charge in [-0.1, -0.05) is 60.7 Å². The average molecular weight is 469 g/mol. The van der Waals surface area contributed by atoms with E-state index < -0.39 is 12.1 Å². The molecule has 35 heavy (non-hydrogen) atoms. The Bertz CT molecular complexity index is 1350. The second kappa shape index (κ2) is 9.34. The van der Waals surface area contributed by atoms with Gasteiger partial charge in [-0.15, -0.1) is 0 Å². The summed E-state index contributed by atoms with van der Waals surface area (Å²) in [6, 6.07) is 24.7. The van der Waals surface area contributed by atoms with E-state index in [-0.39, 0.29) is 30.6 Å². The number of carbonyl (C=O) groups is 2. The Labute approximate surface area is 201 Å². The van der Waals surface area contributed by atoms with Crippen molar-refractivity contribution in [3.63, 3.8) is 0 Å². The number of carboxylic acid groups (broad SMARTS) is 1. The molecule has 0 unspecified atom stereocenters. The average Bonchev–Trinajstić information content (AvgIpc) is 3.42. The zero-order valence-corrected chi connectivity index (χ0v) is 19.0. The van der Waals surface area contributed by atoms with Crippen molar-refractivity contribution >= 4 is 17.9 Å². The number of anilines is 1. The van der Waals surface area contributed by atoms with Crippen LogP contribution in [0.15, 0.2) is 78.9 Å². The lowest BCUT2D eigenvalue weighted by atomic mass is 9.98. The molecule has 1 aromatic heterocycles. The smallest absolute Gasteiger partial charge is 0.412 e. The molecule has 0 radical (unpaired) electrons. The Morgan fingerprint density at radius 3 is 2.20 bits per heavy atom. The molecule has 0 atom stereocenters. The van der Waals surface area contributed by atoms with Crippen LogP contribution in [0.1, 0.15) is 33.1 Å². The number of aromatic carboxylic acids is 1. The molecule has 4 aromatic rings. The summed E-state index contributed by atoms with van der Waals surface area (Å²) >= 11 is 0. The predicted molar refractivity (Wildman–Crippen MR) is 130 cm³/mol. The first kappa shape index (κ1) is 22.2. The van der Waals surface area contributed by atoms with Crippen molar-refractivity contribution in [1.29, 1.82) is 0 Å². The van der Waals surface area contributed by atoms with Crippen LogP contribution in [0.5, 0.6) is 5.75 Å². The SMILES string of the molecule is COc1ccc(Cn2nc(NC(=O)OCC3c4ccccc4-c4ccccc43)cc2C(=O)O)cc1. The molecule has 1 heterocycles. The molecule has 1 aliphatic carbocycles. The van der Waals surface area contributed by atoms with E-state index in [2.05, 4.69) is 22.5 Å². The van der Waals surface area contributed by atoms with Crippen molar-refractivity contribution in [1.82, 2.24) is 9.78 Å². The van der Waals surface area contributed by atoms with E-state index in [4.69, 9.17) is 9.47 Å². The number of nitrogens with zero attached hydrogens (tertiary/aromatic N) is 2. The van der Waals surface area contributed by atoms with Gasteiger partial charge in [0.05, 0.1) is 13.7 Å². The lowest BCUT2D eigenvalue weighted by Gasteiger charge is -2.14. The van der Waals surface area contributed by atoms with Crippen LogP contribution >= 0.6 is 0 Å². The maximum absolute atomic E-state index is 12.6. The molecular formula is C27H23N3O5. The fourth-order valence-electron chi connectivity index (χ4n) is 4.41. The third-order valence-corrected chi connectivity index (χ3v) is 6.06. The maximum atomic E-state index is 12.6. The molecule has 0 aliphatic heterocycles. The lowest BCUT2D eigenvalue weighted by Crippen LogP contribution is -2.18. The maximum Gasteiger partial charge on any atom is 0.412 e. The van der Waals surface area contributed by atoms with Gasteiger partial charge in [-0.2, -0.15) is 5.10 Å². The molecule has 0 fully saturated rings. The minimum atomic E-state index is -1.15. The van der Waals surface area contributed by atoms with Crippen molar-refractivity contribution in [2.75, 3.05) is 19.0 Å². The van der Waals surface area contributed by atoms with Crippen LogP contribution in [0.25, 0.3) is 11.1 Å². The van der Waals surface area contributed by atoms with E-state index in [0.717, 1.165) is 27.8 Å². The predicted octanol–water partition coefficient (Wildman–Crippen LogP) is 5.00. The number of ether oxygens (including phenoxy) is 2. The van der Waals surface area contributed by atoms with E-state index in [1.165, 1.54) is 10.7 Å². The number of aromatic nitrogens is 2. The van der Waals surface area contributed by atoms with Crippen molar-refractivity contribution in [3.05, 3.63) is 101 Å². The minimum absolute atomic E-state index is 0.0465. The molecule has 1 amide bonds. The molecule has 176 valence electrons. The fourth-order valence-corrected chi connectivity index (χ4v) is 4.41. The summed E-state index contributed by atoms with van der Waals surface area (Å²) in [6.07, 6.45) is -0.696. The lowest BCUT2D eigenvalue weighted by molar-refractivity contribution is 0.0684. The van der Waals surface area contributed by atoms with Gasteiger partial charge in [0, 0.05) is 12.0 Å². The van der Waals surface area contributed by atoms with Crippen LogP contribution < -0.4 is 10.1 Å². The van der Waals surface area contributed by atoms with Gasteiger partial charge in [0.2, 0.25) is 0 Å². The number of fused-ring (bicyclic) bond motifs is 3. The summed E-state index contributed by atoms with van der Waals surface area (Å²) in [5.74, 6) is -0.416. The van der Waals surface area contributed by atoms with Gasteiger partial charge in [0.1, 0.15) is 18.1 Å². The number of nitrogens with one attached hydrogen (secondary N) is 1. The summed E-state index contributed by atoms with van der Waals surface area (Å²) < 4.78 is 12.0. The molecule has 8 heteroatoms. The molecule has 0 saturated carbocycles. The third-order valence-electron chi connectivity index (χ3n) is 6.06. The molecule has 5 rings (SSSR count). The second-order valence-corrected chi connectivity index (χ2v) is 8.18. The molecule has 0 bridgehead atoms. The first-order valence-corrected chi connectivity index (χ1v) is 11.1. The second-order valence-electron chi connectivity index (χ2n) is 8.18.